The van der Waals surface area contributed by atoms with Gasteiger partial charge in [0.05, 0.1) is 17.4 Å². The van der Waals surface area contributed by atoms with Gasteiger partial charge in [-0.3, -0.25) is 14.3 Å². The molecule has 0 saturated heterocycles. The number of benzene rings is 2. The molecule has 0 radical (unpaired) electrons. The fourth-order valence-corrected chi connectivity index (χ4v) is 2.52. The van der Waals surface area contributed by atoms with Gasteiger partial charge in [0.2, 0.25) is 5.91 Å². The molecule has 0 aliphatic rings. The van der Waals surface area contributed by atoms with Gasteiger partial charge in [-0.25, -0.2) is 0 Å². The quantitative estimate of drug-likeness (QED) is 0.657. The number of rotatable bonds is 5. The SMILES string of the molecule is Cn1cc(/C=C/C(=O)Nc2ccccc2C(=O)Nc2ccc(Cl)cc2)cn1. The summed E-state index contributed by atoms with van der Waals surface area (Å²) in [5, 5.41) is 10.1. The summed E-state index contributed by atoms with van der Waals surface area (Å²) < 4.78 is 1.65. The van der Waals surface area contributed by atoms with E-state index in [2.05, 4.69) is 15.7 Å². The first kappa shape index (κ1) is 18.4. The van der Waals surface area contributed by atoms with Gasteiger partial charge in [0.15, 0.2) is 0 Å². The molecule has 0 aliphatic carbocycles. The van der Waals surface area contributed by atoms with E-state index in [1.165, 1.54) is 6.08 Å². The van der Waals surface area contributed by atoms with Gasteiger partial charge in [-0.15, -0.1) is 0 Å². The predicted molar refractivity (Wildman–Crippen MR) is 107 cm³/mol. The molecule has 0 unspecified atom stereocenters. The fraction of sp³-hybridized carbons (Fsp3) is 0.0500. The van der Waals surface area contributed by atoms with Crippen molar-refractivity contribution in [2.45, 2.75) is 0 Å². The lowest BCUT2D eigenvalue weighted by molar-refractivity contribution is -0.111. The standard InChI is InChI=1S/C20H17ClN4O2/c1-25-13-14(12-22-25)6-11-19(26)24-18-5-3-2-4-17(18)20(27)23-16-9-7-15(21)8-10-16/h2-13H,1H3,(H,23,27)(H,24,26)/b11-6+. The molecule has 2 N–H and O–H groups in total. The highest BCUT2D eigenvalue weighted by molar-refractivity contribution is 6.30. The number of nitrogens with zero attached hydrogens (tertiary/aromatic N) is 2. The third kappa shape index (κ3) is 5.05. The third-order valence-corrected chi connectivity index (χ3v) is 3.94. The molecule has 3 rings (SSSR count). The predicted octanol–water partition coefficient (Wildman–Crippen LogP) is 3.98. The van der Waals surface area contributed by atoms with E-state index in [-0.39, 0.29) is 11.8 Å². The number of halogens is 1. The van der Waals surface area contributed by atoms with Gasteiger partial charge in [0, 0.05) is 35.6 Å². The summed E-state index contributed by atoms with van der Waals surface area (Å²) in [5.41, 5.74) is 2.20. The molecule has 2 aromatic carbocycles. The second-order valence-electron chi connectivity index (χ2n) is 5.78. The van der Waals surface area contributed by atoms with E-state index in [0.717, 1.165) is 5.56 Å². The van der Waals surface area contributed by atoms with Gasteiger partial charge in [-0.05, 0) is 42.5 Å². The smallest absolute Gasteiger partial charge is 0.257 e. The van der Waals surface area contributed by atoms with E-state index in [1.54, 1.807) is 78.7 Å². The summed E-state index contributed by atoms with van der Waals surface area (Å²) in [6.07, 6.45) is 6.48. The van der Waals surface area contributed by atoms with Crippen LogP contribution < -0.4 is 10.6 Å². The molecule has 0 fully saturated rings. The number of anilines is 2. The van der Waals surface area contributed by atoms with Gasteiger partial charge in [-0.1, -0.05) is 23.7 Å². The van der Waals surface area contributed by atoms with Crippen molar-refractivity contribution in [1.29, 1.82) is 0 Å². The molecule has 0 aliphatic heterocycles. The molecule has 0 atom stereocenters. The monoisotopic (exact) mass is 380 g/mol. The number of amides is 2. The van der Waals surface area contributed by atoms with Crippen LogP contribution in [0.15, 0.2) is 67.0 Å². The molecule has 1 heterocycles. The maximum Gasteiger partial charge on any atom is 0.257 e. The van der Waals surface area contributed by atoms with Crippen molar-refractivity contribution >= 4 is 40.9 Å². The molecule has 1 aromatic heterocycles. The number of hydrogen-bond donors (Lipinski definition) is 2. The Labute approximate surface area is 161 Å². The van der Waals surface area contributed by atoms with Gasteiger partial charge < -0.3 is 10.6 Å². The number of para-hydroxylation sites is 1. The van der Waals surface area contributed by atoms with Crippen LogP contribution in [0, 0.1) is 0 Å². The van der Waals surface area contributed by atoms with Crippen molar-refractivity contribution in [1.82, 2.24) is 9.78 Å². The minimum atomic E-state index is -0.342. The minimum absolute atomic E-state index is 0.329. The average molecular weight is 381 g/mol. The average Bonchev–Trinajstić information content (AvgIpc) is 3.08. The first-order valence-electron chi connectivity index (χ1n) is 8.15. The highest BCUT2D eigenvalue weighted by Crippen LogP contribution is 2.19. The summed E-state index contributed by atoms with van der Waals surface area (Å²) in [6, 6.07) is 13.6. The van der Waals surface area contributed by atoms with Crippen LogP contribution in [-0.2, 0) is 11.8 Å². The maximum absolute atomic E-state index is 12.6. The maximum atomic E-state index is 12.6. The number of hydrogen-bond acceptors (Lipinski definition) is 3. The van der Waals surface area contributed by atoms with Crippen molar-refractivity contribution in [2.75, 3.05) is 10.6 Å². The first-order chi connectivity index (χ1) is 13.0. The van der Waals surface area contributed by atoms with E-state index >= 15 is 0 Å². The lowest BCUT2D eigenvalue weighted by Crippen LogP contribution is -2.16. The van der Waals surface area contributed by atoms with Crippen LogP contribution in [0.3, 0.4) is 0 Å². The Morgan fingerprint density at radius 2 is 1.81 bits per heavy atom. The molecule has 136 valence electrons. The lowest BCUT2D eigenvalue weighted by Gasteiger charge is -2.10. The molecule has 2 amide bonds. The van der Waals surface area contributed by atoms with Gasteiger partial charge in [0.1, 0.15) is 0 Å². The molecule has 6 nitrogen and oxygen atoms in total. The van der Waals surface area contributed by atoms with E-state index in [9.17, 15) is 9.59 Å². The van der Waals surface area contributed by atoms with Crippen LogP contribution >= 0.6 is 11.6 Å². The van der Waals surface area contributed by atoms with Gasteiger partial charge in [-0.2, -0.15) is 5.10 Å². The molecular weight excluding hydrogens is 364 g/mol. The third-order valence-electron chi connectivity index (χ3n) is 3.68. The second-order valence-corrected chi connectivity index (χ2v) is 6.21. The molecule has 0 saturated carbocycles. The number of aryl methyl sites for hydroxylation is 1. The summed E-state index contributed by atoms with van der Waals surface area (Å²) in [4.78, 5) is 24.8. The molecular formula is C20H17ClN4O2. The number of nitrogens with one attached hydrogen (secondary N) is 2. The van der Waals surface area contributed by atoms with Gasteiger partial charge in [0.25, 0.3) is 5.91 Å². The summed E-state index contributed by atoms with van der Waals surface area (Å²) in [7, 11) is 1.80. The van der Waals surface area contributed by atoms with Crippen molar-refractivity contribution in [3.8, 4) is 0 Å². The minimum Gasteiger partial charge on any atom is -0.322 e. The zero-order valence-electron chi connectivity index (χ0n) is 14.5. The van der Waals surface area contributed by atoms with Crippen LogP contribution in [-0.4, -0.2) is 21.6 Å². The van der Waals surface area contributed by atoms with E-state index in [4.69, 9.17) is 11.6 Å². The second kappa shape index (κ2) is 8.33. The Balaban J connectivity index is 1.71. The molecule has 7 heteroatoms. The van der Waals surface area contributed by atoms with Crippen molar-refractivity contribution in [3.05, 3.63) is 83.2 Å². The molecule has 3 aromatic rings. The lowest BCUT2D eigenvalue weighted by atomic mass is 10.1. The zero-order valence-corrected chi connectivity index (χ0v) is 15.3. The molecule has 0 spiro atoms. The van der Waals surface area contributed by atoms with E-state index < -0.39 is 0 Å². The Kier molecular flexibility index (Phi) is 5.68. The van der Waals surface area contributed by atoms with Crippen molar-refractivity contribution < 1.29 is 9.59 Å². The zero-order chi connectivity index (χ0) is 19.2. The highest BCUT2D eigenvalue weighted by atomic mass is 35.5. The summed E-state index contributed by atoms with van der Waals surface area (Å²) in [6.45, 7) is 0. The van der Waals surface area contributed by atoms with Crippen molar-refractivity contribution in [2.24, 2.45) is 7.05 Å². The fourth-order valence-electron chi connectivity index (χ4n) is 2.39. The summed E-state index contributed by atoms with van der Waals surface area (Å²) >= 11 is 5.85. The van der Waals surface area contributed by atoms with E-state index in [1.807, 2.05) is 0 Å². The Morgan fingerprint density at radius 1 is 1.07 bits per heavy atom. The normalized spacial score (nSPS) is 10.7. The van der Waals surface area contributed by atoms with Crippen LogP contribution in [0.25, 0.3) is 6.08 Å². The number of aromatic nitrogens is 2. The Bertz CT molecular complexity index is 993. The molecule has 0 bridgehead atoms. The van der Waals surface area contributed by atoms with Crippen LogP contribution in [0.1, 0.15) is 15.9 Å². The van der Waals surface area contributed by atoms with Crippen LogP contribution in [0.2, 0.25) is 5.02 Å². The highest BCUT2D eigenvalue weighted by Gasteiger charge is 2.12. The number of carbonyl (C=O) groups is 2. The first-order valence-corrected chi connectivity index (χ1v) is 8.53. The Hall–Kier alpha value is -3.38. The van der Waals surface area contributed by atoms with Crippen LogP contribution in [0.4, 0.5) is 11.4 Å². The number of carbonyl (C=O) groups excluding carboxylic acids is 2. The Morgan fingerprint density at radius 3 is 2.52 bits per heavy atom. The largest absolute Gasteiger partial charge is 0.322 e. The van der Waals surface area contributed by atoms with Gasteiger partial charge >= 0.3 is 0 Å². The van der Waals surface area contributed by atoms with Crippen LogP contribution in [0.5, 0.6) is 0 Å². The molecule has 27 heavy (non-hydrogen) atoms. The van der Waals surface area contributed by atoms with Crippen molar-refractivity contribution in [3.63, 3.8) is 0 Å². The summed E-state index contributed by atoms with van der Waals surface area (Å²) in [5.74, 6) is -0.671. The van der Waals surface area contributed by atoms with E-state index in [0.29, 0.717) is 22.0 Å². The topological polar surface area (TPSA) is 76.0 Å².